The van der Waals surface area contributed by atoms with Gasteiger partial charge in [-0.15, -0.1) is 16.4 Å². The van der Waals surface area contributed by atoms with E-state index in [9.17, 15) is 5.11 Å². The minimum atomic E-state index is -0.0373. The Hall–Kier alpha value is -1.24. The smallest absolute Gasteiger partial charge is 0.112 e. The average Bonchev–Trinajstić information content (AvgIpc) is 3.19. The Kier molecular flexibility index (Phi) is 4.44. The van der Waals surface area contributed by atoms with E-state index in [0.717, 1.165) is 25.2 Å². The Morgan fingerprint density at radius 1 is 1.25 bits per heavy atom. The largest absolute Gasteiger partial charge is 0.390 e. The number of aliphatic hydroxyl groups is 1. The van der Waals surface area contributed by atoms with Gasteiger partial charge in [-0.1, -0.05) is 11.3 Å². The topological polar surface area (TPSA) is 54.2 Å². The third-order valence-electron chi connectivity index (χ3n) is 3.82. The van der Waals surface area contributed by atoms with Crippen LogP contribution >= 0.6 is 11.3 Å². The number of aliphatic hydroxyl groups excluding tert-OH is 1. The molecule has 108 valence electrons. The Morgan fingerprint density at radius 2 is 2.10 bits per heavy atom. The van der Waals surface area contributed by atoms with E-state index in [1.54, 1.807) is 11.3 Å². The minimum absolute atomic E-state index is 0.0373. The standard InChI is InChI=1S/C14H20N4OS/c19-11-13-14(10-12-4-3-9-20-12)18(16-15-13)8-7-17-5-1-2-6-17/h3-4,9,19H,1-2,5-8,10-11H2. The fraction of sp³-hybridized carbons (Fsp3) is 0.571. The van der Waals surface area contributed by atoms with Crippen LogP contribution in [-0.2, 0) is 19.6 Å². The molecule has 0 radical (unpaired) electrons. The molecule has 6 heteroatoms. The summed E-state index contributed by atoms with van der Waals surface area (Å²) in [5.41, 5.74) is 1.76. The van der Waals surface area contributed by atoms with Crippen LogP contribution in [0, 0.1) is 0 Å². The zero-order chi connectivity index (χ0) is 13.8. The maximum absolute atomic E-state index is 9.42. The van der Waals surface area contributed by atoms with Gasteiger partial charge in [0.25, 0.3) is 0 Å². The predicted octanol–water partition coefficient (Wildman–Crippen LogP) is 1.52. The van der Waals surface area contributed by atoms with E-state index in [4.69, 9.17) is 0 Å². The molecule has 1 aliphatic heterocycles. The fourth-order valence-electron chi connectivity index (χ4n) is 2.69. The quantitative estimate of drug-likeness (QED) is 0.877. The van der Waals surface area contributed by atoms with Gasteiger partial charge in [0, 0.05) is 17.8 Å². The van der Waals surface area contributed by atoms with Crippen molar-refractivity contribution in [3.8, 4) is 0 Å². The summed E-state index contributed by atoms with van der Waals surface area (Å²) >= 11 is 1.73. The number of nitrogens with zero attached hydrogens (tertiary/aromatic N) is 4. The van der Waals surface area contributed by atoms with Crippen LogP contribution < -0.4 is 0 Å². The first-order valence-electron chi connectivity index (χ1n) is 7.13. The SMILES string of the molecule is OCc1nnn(CCN2CCCC2)c1Cc1cccs1. The molecular weight excluding hydrogens is 272 g/mol. The molecule has 0 bridgehead atoms. The molecule has 0 amide bonds. The number of likely N-dealkylation sites (tertiary alicyclic amines) is 1. The van der Waals surface area contributed by atoms with Crippen LogP contribution in [0.1, 0.15) is 29.1 Å². The van der Waals surface area contributed by atoms with Gasteiger partial charge in [0.1, 0.15) is 5.69 Å². The molecule has 1 aliphatic rings. The second kappa shape index (κ2) is 6.47. The zero-order valence-corrected chi connectivity index (χ0v) is 12.3. The number of thiophene rings is 1. The summed E-state index contributed by atoms with van der Waals surface area (Å²) in [6.45, 7) is 4.23. The lowest BCUT2D eigenvalue weighted by Crippen LogP contribution is -2.25. The normalized spacial score (nSPS) is 16.1. The molecule has 0 aliphatic carbocycles. The van der Waals surface area contributed by atoms with Crippen molar-refractivity contribution in [1.82, 2.24) is 19.9 Å². The summed E-state index contributed by atoms with van der Waals surface area (Å²) in [5, 5.41) is 19.8. The monoisotopic (exact) mass is 292 g/mol. The van der Waals surface area contributed by atoms with Gasteiger partial charge in [-0.2, -0.15) is 0 Å². The highest BCUT2D eigenvalue weighted by Gasteiger charge is 2.16. The summed E-state index contributed by atoms with van der Waals surface area (Å²) < 4.78 is 1.96. The molecule has 1 fully saturated rings. The van der Waals surface area contributed by atoms with Crippen molar-refractivity contribution in [2.45, 2.75) is 32.4 Å². The third-order valence-corrected chi connectivity index (χ3v) is 4.69. The molecule has 0 saturated carbocycles. The molecule has 0 spiro atoms. The first kappa shape index (κ1) is 13.7. The first-order valence-corrected chi connectivity index (χ1v) is 8.01. The molecule has 20 heavy (non-hydrogen) atoms. The highest BCUT2D eigenvalue weighted by Crippen LogP contribution is 2.17. The highest BCUT2D eigenvalue weighted by atomic mass is 32.1. The maximum Gasteiger partial charge on any atom is 0.112 e. The lowest BCUT2D eigenvalue weighted by molar-refractivity contribution is 0.275. The van der Waals surface area contributed by atoms with Gasteiger partial charge in [0.05, 0.1) is 18.8 Å². The van der Waals surface area contributed by atoms with Gasteiger partial charge >= 0.3 is 0 Å². The summed E-state index contributed by atoms with van der Waals surface area (Å²) in [5.74, 6) is 0. The molecule has 2 aromatic heterocycles. The van der Waals surface area contributed by atoms with Gasteiger partial charge in [-0.05, 0) is 37.4 Å². The van der Waals surface area contributed by atoms with Gasteiger partial charge in [0.2, 0.25) is 0 Å². The molecule has 3 rings (SSSR count). The van der Waals surface area contributed by atoms with Crippen LogP contribution in [0.4, 0.5) is 0 Å². The van der Waals surface area contributed by atoms with Crippen molar-refractivity contribution in [3.63, 3.8) is 0 Å². The first-order chi connectivity index (χ1) is 9.86. The summed E-state index contributed by atoms with van der Waals surface area (Å²) in [7, 11) is 0. The molecule has 1 N–H and O–H groups in total. The molecule has 0 unspecified atom stereocenters. The van der Waals surface area contributed by atoms with Crippen LogP contribution in [-0.4, -0.2) is 44.6 Å². The highest BCUT2D eigenvalue weighted by molar-refractivity contribution is 7.09. The van der Waals surface area contributed by atoms with Crippen LogP contribution in [0.5, 0.6) is 0 Å². The van der Waals surface area contributed by atoms with E-state index in [-0.39, 0.29) is 6.61 Å². The number of aromatic nitrogens is 3. The Morgan fingerprint density at radius 3 is 2.80 bits per heavy atom. The molecule has 2 aromatic rings. The molecule has 1 saturated heterocycles. The Labute approximate surface area is 122 Å². The fourth-order valence-corrected chi connectivity index (χ4v) is 3.39. The lowest BCUT2D eigenvalue weighted by Gasteiger charge is -2.15. The molecule has 5 nitrogen and oxygen atoms in total. The summed E-state index contributed by atoms with van der Waals surface area (Å²) in [6.07, 6.45) is 3.42. The van der Waals surface area contributed by atoms with E-state index < -0.39 is 0 Å². The van der Waals surface area contributed by atoms with Crippen LogP contribution in [0.3, 0.4) is 0 Å². The number of hydrogen-bond donors (Lipinski definition) is 1. The van der Waals surface area contributed by atoms with Gasteiger partial charge < -0.3 is 10.0 Å². The van der Waals surface area contributed by atoms with E-state index in [1.807, 2.05) is 4.68 Å². The van der Waals surface area contributed by atoms with E-state index in [0.29, 0.717) is 5.69 Å². The van der Waals surface area contributed by atoms with Gasteiger partial charge in [0.15, 0.2) is 0 Å². The number of hydrogen-bond acceptors (Lipinski definition) is 5. The average molecular weight is 292 g/mol. The number of rotatable bonds is 6. The van der Waals surface area contributed by atoms with Crippen LogP contribution in [0.15, 0.2) is 17.5 Å². The van der Waals surface area contributed by atoms with Gasteiger partial charge in [-0.25, -0.2) is 4.68 Å². The molecular formula is C14H20N4OS. The van der Waals surface area contributed by atoms with E-state index in [2.05, 4.69) is 32.7 Å². The minimum Gasteiger partial charge on any atom is -0.390 e. The van der Waals surface area contributed by atoms with Crippen molar-refractivity contribution < 1.29 is 5.11 Å². The predicted molar refractivity (Wildman–Crippen MR) is 78.7 cm³/mol. The van der Waals surface area contributed by atoms with Crippen molar-refractivity contribution in [1.29, 1.82) is 0 Å². The molecule has 0 atom stereocenters. The van der Waals surface area contributed by atoms with Crippen molar-refractivity contribution >= 4 is 11.3 Å². The second-order valence-corrected chi connectivity index (χ2v) is 6.20. The second-order valence-electron chi connectivity index (χ2n) is 5.17. The van der Waals surface area contributed by atoms with Crippen LogP contribution in [0.25, 0.3) is 0 Å². The maximum atomic E-state index is 9.42. The summed E-state index contributed by atoms with van der Waals surface area (Å²) in [6, 6.07) is 4.17. The van der Waals surface area contributed by atoms with Crippen LogP contribution in [0.2, 0.25) is 0 Å². The Bertz CT molecular complexity index is 531. The van der Waals surface area contributed by atoms with Crippen molar-refractivity contribution in [3.05, 3.63) is 33.8 Å². The summed E-state index contributed by atoms with van der Waals surface area (Å²) in [4.78, 5) is 3.75. The van der Waals surface area contributed by atoms with Crippen molar-refractivity contribution in [2.75, 3.05) is 19.6 Å². The molecule has 3 heterocycles. The van der Waals surface area contributed by atoms with Gasteiger partial charge in [-0.3, -0.25) is 0 Å². The molecule has 0 aromatic carbocycles. The third kappa shape index (κ3) is 3.08. The van der Waals surface area contributed by atoms with E-state index >= 15 is 0 Å². The lowest BCUT2D eigenvalue weighted by atomic mass is 10.2. The van der Waals surface area contributed by atoms with Crippen molar-refractivity contribution in [2.24, 2.45) is 0 Å². The van der Waals surface area contributed by atoms with E-state index in [1.165, 1.54) is 30.8 Å². The Balaban J connectivity index is 1.70. The zero-order valence-electron chi connectivity index (χ0n) is 11.5.